The first kappa shape index (κ1) is 24.3. The number of hydrogen-bond donors (Lipinski definition) is 1. The van der Waals surface area contributed by atoms with E-state index >= 15 is 0 Å². The molecule has 0 radical (unpaired) electrons. The van der Waals surface area contributed by atoms with Gasteiger partial charge in [-0.15, -0.1) is 0 Å². The summed E-state index contributed by atoms with van der Waals surface area (Å²) in [5.41, 5.74) is -1.19. The summed E-state index contributed by atoms with van der Waals surface area (Å²) >= 11 is 5.93. The summed E-state index contributed by atoms with van der Waals surface area (Å²) in [6, 6.07) is 11.0. The van der Waals surface area contributed by atoms with Gasteiger partial charge in [-0.05, 0) is 54.6 Å². The molecule has 0 aliphatic carbocycles. The number of amides is 1. The summed E-state index contributed by atoms with van der Waals surface area (Å²) in [7, 11) is -2.81. The second-order valence-electron chi connectivity index (χ2n) is 6.64. The lowest BCUT2D eigenvalue weighted by atomic mass is 10.2. The molecule has 0 aliphatic rings. The third-order valence-electron chi connectivity index (χ3n) is 4.44. The van der Waals surface area contributed by atoms with Gasteiger partial charge in [0, 0.05) is 12.4 Å². The van der Waals surface area contributed by atoms with Crippen LogP contribution in [0.4, 0.5) is 24.5 Å². The van der Waals surface area contributed by atoms with Crippen molar-refractivity contribution < 1.29 is 31.1 Å². The Labute approximate surface area is 192 Å². The number of hydrogen-bond acceptors (Lipinski definition) is 5. The molecule has 1 amide bonds. The van der Waals surface area contributed by atoms with E-state index < -0.39 is 34.2 Å². The van der Waals surface area contributed by atoms with E-state index in [0.717, 1.165) is 22.6 Å². The Balaban J connectivity index is 1.94. The van der Waals surface area contributed by atoms with Crippen LogP contribution in [0.3, 0.4) is 0 Å². The number of rotatable bonds is 7. The Morgan fingerprint density at radius 2 is 1.85 bits per heavy atom. The number of nitrogens with zero attached hydrogens (tertiary/aromatic N) is 2. The largest absolute Gasteiger partial charge is 0.497 e. The van der Waals surface area contributed by atoms with E-state index in [1.54, 1.807) is 0 Å². The molecule has 1 N–H and O–H groups in total. The molecule has 2 aromatic carbocycles. The average Bonchev–Trinajstić information content (AvgIpc) is 2.79. The van der Waals surface area contributed by atoms with Crippen LogP contribution in [0, 0.1) is 0 Å². The maximum Gasteiger partial charge on any atom is 0.416 e. The van der Waals surface area contributed by atoms with E-state index in [1.807, 2.05) is 0 Å². The highest BCUT2D eigenvalue weighted by atomic mass is 35.5. The van der Waals surface area contributed by atoms with Crippen molar-refractivity contribution in [3.05, 3.63) is 77.6 Å². The molecule has 0 fully saturated rings. The highest BCUT2D eigenvalue weighted by molar-refractivity contribution is 7.92. The third kappa shape index (κ3) is 5.74. The van der Waals surface area contributed by atoms with Crippen LogP contribution >= 0.6 is 11.6 Å². The molecule has 0 saturated heterocycles. The number of pyridine rings is 1. The summed E-state index contributed by atoms with van der Waals surface area (Å²) in [4.78, 5) is 16.3. The average molecular weight is 500 g/mol. The minimum absolute atomic E-state index is 0.130. The fourth-order valence-corrected chi connectivity index (χ4v) is 4.36. The predicted molar refractivity (Wildman–Crippen MR) is 117 cm³/mol. The van der Waals surface area contributed by atoms with E-state index in [4.69, 9.17) is 16.3 Å². The van der Waals surface area contributed by atoms with Crippen molar-refractivity contribution in [1.82, 2.24) is 4.98 Å². The second kappa shape index (κ2) is 9.67. The molecule has 0 unspecified atom stereocenters. The van der Waals surface area contributed by atoms with Crippen LogP contribution < -0.4 is 14.4 Å². The Hall–Kier alpha value is -3.31. The smallest absolute Gasteiger partial charge is 0.416 e. The number of carbonyl (C=O) groups is 1. The van der Waals surface area contributed by atoms with Gasteiger partial charge in [0.2, 0.25) is 5.91 Å². The van der Waals surface area contributed by atoms with Crippen molar-refractivity contribution >= 4 is 38.9 Å². The van der Waals surface area contributed by atoms with Crippen molar-refractivity contribution in [3.8, 4) is 5.75 Å². The third-order valence-corrected chi connectivity index (χ3v) is 6.52. The Morgan fingerprint density at radius 3 is 2.42 bits per heavy atom. The lowest BCUT2D eigenvalue weighted by Gasteiger charge is -2.24. The monoisotopic (exact) mass is 499 g/mol. The normalized spacial score (nSPS) is 11.7. The lowest BCUT2D eigenvalue weighted by Crippen LogP contribution is -2.38. The number of benzene rings is 2. The fourth-order valence-electron chi connectivity index (χ4n) is 2.81. The molecule has 1 aromatic heterocycles. The Bertz CT molecular complexity index is 1240. The number of ether oxygens (including phenoxy) is 1. The van der Waals surface area contributed by atoms with Crippen molar-refractivity contribution in [2.45, 2.75) is 11.1 Å². The number of nitrogens with one attached hydrogen (secondary N) is 1. The van der Waals surface area contributed by atoms with Crippen LogP contribution in [0.15, 0.2) is 71.9 Å². The van der Waals surface area contributed by atoms with Gasteiger partial charge in [-0.3, -0.25) is 14.1 Å². The van der Waals surface area contributed by atoms with Crippen LogP contribution in [0.25, 0.3) is 0 Å². The van der Waals surface area contributed by atoms with Gasteiger partial charge in [0.1, 0.15) is 17.2 Å². The number of alkyl halides is 3. The molecular formula is C21H17ClF3N3O4S. The molecular weight excluding hydrogens is 483 g/mol. The molecule has 7 nitrogen and oxygen atoms in total. The van der Waals surface area contributed by atoms with Gasteiger partial charge in [-0.1, -0.05) is 11.6 Å². The van der Waals surface area contributed by atoms with Gasteiger partial charge in [0.25, 0.3) is 10.0 Å². The summed E-state index contributed by atoms with van der Waals surface area (Å²) in [6.45, 7) is -0.740. The van der Waals surface area contributed by atoms with Gasteiger partial charge in [-0.25, -0.2) is 8.42 Å². The lowest BCUT2D eigenvalue weighted by molar-refractivity contribution is -0.137. The van der Waals surface area contributed by atoms with Gasteiger partial charge in [0.05, 0.1) is 29.1 Å². The number of carbonyl (C=O) groups excluding carboxylic acids is 1. The molecule has 12 heteroatoms. The van der Waals surface area contributed by atoms with E-state index in [1.165, 1.54) is 49.7 Å². The number of aromatic nitrogens is 1. The SMILES string of the molecule is COc1ccc(N(CC(=O)Nc2cc(C(F)(F)F)ccc2Cl)S(=O)(=O)c2cccnc2)cc1. The summed E-state index contributed by atoms with van der Waals surface area (Å²) in [5.74, 6) is -0.447. The molecule has 0 spiro atoms. The summed E-state index contributed by atoms with van der Waals surface area (Å²) in [5, 5.41) is 2.12. The first-order valence-corrected chi connectivity index (χ1v) is 11.1. The van der Waals surface area contributed by atoms with Gasteiger partial charge in [-0.2, -0.15) is 13.2 Å². The van der Waals surface area contributed by atoms with Crippen LogP contribution in [-0.2, 0) is 21.0 Å². The number of halogens is 4. The molecule has 0 saturated carbocycles. The van der Waals surface area contributed by atoms with Crippen molar-refractivity contribution in [2.24, 2.45) is 0 Å². The van der Waals surface area contributed by atoms with E-state index in [0.29, 0.717) is 11.8 Å². The van der Waals surface area contributed by atoms with E-state index in [2.05, 4.69) is 10.3 Å². The summed E-state index contributed by atoms with van der Waals surface area (Å²) in [6.07, 6.45) is -2.14. The standard InChI is InChI=1S/C21H17ClF3N3O4S/c1-32-16-7-5-15(6-8-16)28(33(30,31)17-3-2-10-26-12-17)13-20(29)27-19-11-14(21(23,24)25)4-9-18(19)22/h2-12H,13H2,1H3,(H,27,29). The zero-order valence-electron chi connectivity index (χ0n) is 17.0. The maximum absolute atomic E-state index is 13.2. The highest BCUT2D eigenvalue weighted by Gasteiger charge is 2.32. The Morgan fingerprint density at radius 1 is 1.15 bits per heavy atom. The van der Waals surface area contributed by atoms with Crippen LogP contribution in [0.2, 0.25) is 5.02 Å². The van der Waals surface area contributed by atoms with Crippen LogP contribution in [0.1, 0.15) is 5.56 Å². The minimum atomic E-state index is -4.65. The summed E-state index contributed by atoms with van der Waals surface area (Å²) < 4.78 is 71.4. The molecule has 0 bridgehead atoms. The first-order chi connectivity index (χ1) is 15.5. The first-order valence-electron chi connectivity index (χ1n) is 9.26. The van der Waals surface area contributed by atoms with Crippen LogP contribution in [-0.4, -0.2) is 33.0 Å². The maximum atomic E-state index is 13.2. The molecule has 0 aliphatic heterocycles. The zero-order chi connectivity index (χ0) is 24.2. The van der Waals surface area contributed by atoms with Crippen molar-refractivity contribution in [2.75, 3.05) is 23.3 Å². The van der Waals surface area contributed by atoms with E-state index in [9.17, 15) is 26.4 Å². The van der Waals surface area contributed by atoms with E-state index in [-0.39, 0.29) is 21.3 Å². The molecule has 3 aromatic rings. The van der Waals surface area contributed by atoms with Crippen molar-refractivity contribution in [1.29, 1.82) is 0 Å². The second-order valence-corrected chi connectivity index (χ2v) is 8.91. The highest BCUT2D eigenvalue weighted by Crippen LogP contribution is 2.34. The van der Waals surface area contributed by atoms with Gasteiger partial charge < -0.3 is 10.1 Å². The molecule has 174 valence electrons. The van der Waals surface area contributed by atoms with Gasteiger partial charge >= 0.3 is 6.18 Å². The van der Waals surface area contributed by atoms with Crippen LogP contribution in [0.5, 0.6) is 5.75 Å². The predicted octanol–water partition coefficient (Wildman–Crippen LogP) is 4.60. The van der Waals surface area contributed by atoms with Crippen molar-refractivity contribution in [3.63, 3.8) is 0 Å². The number of anilines is 2. The minimum Gasteiger partial charge on any atom is -0.497 e. The Kier molecular flexibility index (Phi) is 7.13. The molecule has 1 heterocycles. The van der Waals surface area contributed by atoms with Gasteiger partial charge in [0.15, 0.2) is 0 Å². The molecule has 3 rings (SSSR count). The number of methoxy groups -OCH3 is 1. The molecule has 0 atom stereocenters. The quantitative estimate of drug-likeness (QED) is 0.513. The zero-order valence-corrected chi connectivity index (χ0v) is 18.6. The number of sulfonamides is 1. The fraction of sp³-hybridized carbons (Fsp3) is 0.143. The topological polar surface area (TPSA) is 88.6 Å². The molecule has 33 heavy (non-hydrogen) atoms.